The Bertz CT molecular complexity index is 1010. The number of likely N-dealkylation sites (tertiary alicyclic amines) is 1. The first-order valence-corrected chi connectivity index (χ1v) is 12.2. The highest BCUT2D eigenvalue weighted by molar-refractivity contribution is 6.30. The van der Waals surface area contributed by atoms with Crippen LogP contribution < -0.4 is 10.2 Å². The number of nitrogens with zero attached hydrogens (tertiary/aromatic N) is 5. The van der Waals surface area contributed by atoms with Crippen molar-refractivity contribution in [2.24, 2.45) is 0 Å². The Hall–Kier alpha value is -2.29. The van der Waals surface area contributed by atoms with Gasteiger partial charge in [0.1, 0.15) is 23.8 Å². The molecule has 0 bridgehead atoms. The summed E-state index contributed by atoms with van der Waals surface area (Å²) >= 11 is 6.16. The second kappa shape index (κ2) is 9.91. The maximum absolute atomic E-state index is 13.9. The van der Waals surface area contributed by atoms with Crippen LogP contribution in [0.5, 0.6) is 0 Å². The maximum Gasteiger partial charge on any atom is 0.156 e. The Morgan fingerprint density at radius 2 is 1.85 bits per heavy atom. The van der Waals surface area contributed by atoms with E-state index in [0.717, 1.165) is 68.6 Å². The number of halogens is 2. The first-order chi connectivity index (χ1) is 16.1. The van der Waals surface area contributed by atoms with Crippen molar-refractivity contribution < 1.29 is 9.18 Å². The topological polar surface area (TPSA) is 64.6 Å². The zero-order valence-corrected chi connectivity index (χ0v) is 19.5. The molecule has 33 heavy (non-hydrogen) atoms. The van der Waals surface area contributed by atoms with Crippen LogP contribution in [0, 0.1) is 5.82 Å². The Kier molecular flexibility index (Phi) is 6.76. The fourth-order valence-corrected chi connectivity index (χ4v) is 5.40. The van der Waals surface area contributed by atoms with E-state index in [1.165, 1.54) is 25.3 Å². The molecule has 1 aromatic carbocycles. The number of carbonyl (C=O) groups excluding carboxylic acids is 1. The van der Waals surface area contributed by atoms with E-state index >= 15 is 0 Å². The number of rotatable bonds is 5. The van der Waals surface area contributed by atoms with E-state index in [4.69, 9.17) is 11.6 Å². The molecule has 1 atom stereocenters. The van der Waals surface area contributed by atoms with Gasteiger partial charge in [-0.05, 0) is 43.6 Å². The summed E-state index contributed by atoms with van der Waals surface area (Å²) in [6.07, 6.45) is 5.71. The van der Waals surface area contributed by atoms with E-state index in [-0.39, 0.29) is 22.7 Å². The number of piperidine rings is 1. The largest absolute Gasteiger partial charge is 0.363 e. The van der Waals surface area contributed by atoms with Crippen LogP contribution in [-0.2, 0) is 11.2 Å². The SMILES string of the molecule is O=C1CNc2ncnc(N3CCN(C(CN4CCCCC4)c4ccc(F)c(Cl)c4)CC3)c2C1. The zero-order valence-electron chi connectivity index (χ0n) is 18.8. The summed E-state index contributed by atoms with van der Waals surface area (Å²) in [6.45, 7) is 6.80. The standard InChI is InChI=1S/C24H30ClFN6O/c25-20-12-17(4-5-21(20)26)22(15-30-6-2-1-3-7-30)31-8-10-32(11-9-31)24-19-13-18(33)14-27-23(19)28-16-29-24/h4-5,12,16,22H,1-3,6-11,13-15H2,(H,27,28,29). The molecule has 176 valence electrons. The van der Waals surface area contributed by atoms with E-state index in [1.54, 1.807) is 12.4 Å². The second-order valence-corrected chi connectivity index (χ2v) is 9.57. The molecular weight excluding hydrogens is 443 g/mol. The van der Waals surface area contributed by atoms with Crippen molar-refractivity contribution in [1.82, 2.24) is 19.8 Å². The lowest BCUT2D eigenvalue weighted by atomic mass is 10.0. The van der Waals surface area contributed by atoms with Gasteiger partial charge in [0.25, 0.3) is 0 Å². The van der Waals surface area contributed by atoms with Gasteiger partial charge < -0.3 is 15.1 Å². The first-order valence-electron chi connectivity index (χ1n) is 11.8. The summed E-state index contributed by atoms with van der Waals surface area (Å²) in [5, 5.41) is 3.29. The molecular formula is C24H30ClFN6O. The average Bonchev–Trinajstić information content (AvgIpc) is 2.85. The normalized spacial score (nSPS) is 20.9. The molecule has 0 radical (unpaired) electrons. The molecule has 3 aliphatic heterocycles. The van der Waals surface area contributed by atoms with Crippen molar-refractivity contribution in [3.8, 4) is 0 Å². The number of benzene rings is 1. The van der Waals surface area contributed by atoms with Crippen LogP contribution >= 0.6 is 11.6 Å². The highest BCUT2D eigenvalue weighted by Crippen LogP contribution is 2.31. The van der Waals surface area contributed by atoms with Gasteiger partial charge in [-0.2, -0.15) is 0 Å². The monoisotopic (exact) mass is 472 g/mol. The summed E-state index contributed by atoms with van der Waals surface area (Å²) in [6, 6.07) is 5.30. The smallest absolute Gasteiger partial charge is 0.156 e. The molecule has 2 fully saturated rings. The lowest BCUT2D eigenvalue weighted by Gasteiger charge is -2.42. The number of carbonyl (C=O) groups is 1. The molecule has 4 heterocycles. The van der Waals surface area contributed by atoms with Gasteiger partial charge in [-0.3, -0.25) is 9.69 Å². The molecule has 0 amide bonds. The summed E-state index contributed by atoms with van der Waals surface area (Å²) in [5.41, 5.74) is 1.96. The number of hydrogen-bond donors (Lipinski definition) is 1. The molecule has 9 heteroatoms. The molecule has 0 saturated carbocycles. The summed E-state index contributed by atoms with van der Waals surface area (Å²) in [5.74, 6) is 1.41. The molecule has 1 unspecified atom stereocenters. The third-order valence-electron chi connectivity index (χ3n) is 7.01. The van der Waals surface area contributed by atoms with Crippen molar-refractivity contribution in [1.29, 1.82) is 0 Å². The third-order valence-corrected chi connectivity index (χ3v) is 7.30. The molecule has 5 rings (SSSR count). The van der Waals surface area contributed by atoms with Gasteiger partial charge in [-0.25, -0.2) is 14.4 Å². The highest BCUT2D eigenvalue weighted by Gasteiger charge is 2.30. The van der Waals surface area contributed by atoms with E-state index in [1.807, 2.05) is 6.07 Å². The number of piperazine rings is 1. The maximum atomic E-state index is 13.9. The molecule has 2 aromatic rings. The predicted molar refractivity (Wildman–Crippen MR) is 127 cm³/mol. The quantitative estimate of drug-likeness (QED) is 0.717. The van der Waals surface area contributed by atoms with Gasteiger partial charge in [0.05, 0.1) is 11.6 Å². The van der Waals surface area contributed by atoms with E-state index < -0.39 is 0 Å². The van der Waals surface area contributed by atoms with Crippen molar-refractivity contribution in [3.05, 3.63) is 46.5 Å². The average molecular weight is 473 g/mol. The molecule has 0 spiro atoms. The predicted octanol–water partition coefficient (Wildman–Crippen LogP) is 3.16. The minimum atomic E-state index is -0.376. The van der Waals surface area contributed by atoms with E-state index in [0.29, 0.717) is 13.0 Å². The number of ketones is 1. The van der Waals surface area contributed by atoms with Crippen LogP contribution in [0.25, 0.3) is 0 Å². The number of aromatic nitrogens is 2. The summed E-state index contributed by atoms with van der Waals surface area (Å²) in [4.78, 5) is 28.1. The highest BCUT2D eigenvalue weighted by atomic mass is 35.5. The Labute approximate surface area is 198 Å². The number of anilines is 2. The number of hydrogen-bond acceptors (Lipinski definition) is 7. The van der Waals surface area contributed by atoms with Crippen LogP contribution in [-0.4, -0.2) is 77.9 Å². The third kappa shape index (κ3) is 4.98. The number of nitrogens with one attached hydrogen (secondary N) is 1. The number of fused-ring (bicyclic) bond motifs is 1. The molecule has 1 N–H and O–H groups in total. The van der Waals surface area contributed by atoms with Gasteiger partial charge >= 0.3 is 0 Å². The van der Waals surface area contributed by atoms with Gasteiger partial charge in [0, 0.05) is 50.7 Å². The van der Waals surface area contributed by atoms with Crippen molar-refractivity contribution >= 4 is 29.0 Å². The number of Topliss-reactive ketones (excluding diaryl/α,β-unsaturated/α-hetero) is 1. The van der Waals surface area contributed by atoms with Gasteiger partial charge in [0.2, 0.25) is 0 Å². The molecule has 1 aromatic heterocycles. The van der Waals surface area contributed by atoms with Crippen LogP contribution in [0.3, 0.4) is 0 Å². The van der Waals surface area contributed by atoms with Crippen molar-refractivity contribution in [2.75, 3.05) is 62.6 Å². The van der Waals surface area contributed by atoms with E-state index in [2.05, 4.69) is 30.0 Å². The minimum Gasteiger partial charge on any atom is -0.363 e. The lowest BCUT2D eigenvalue weighted by Crippen LogP contribution is -2.50. The molecule has 2 saturated heterocycles. The lowest BCUT2D eigenvalue weighted by molar-refractivity contribution is -0.117. The van der Waals surface area contributed by atoms with Crippen LogP contribution in [0.4, 0.5) is 16.0 Å². The van der Waals surface area contributed by atoms with E-state index in [9.17, 15) is 9.18 Å². The van der Waals surface area contributed by atoms with Crippen molar-refractivity contribution in [3.63, 3.8) is 0 Å². The van der Waals surface area contributed by atoms with Gasteiger partial charge in [-0.1, -0.05) is 24.1 Å². The fourth-order valence-electron chi connectivity index (χ4n) is 5.22. The van der Waals surface area contributed by atoms with Gasteiger partial charge in [-0.15, -0.1) is 0 Å². The van der Waals surface area contributed by atoms with Crippen LogP contribution in [0.1, 0.15) is 36.4 Å². The Balaban J connectivity index is 1.33. The second-order valence-electron chi connectivity index (χ2n) is 9.17. The zero-order chi connectivity index (χ0) is 22.8. The minimum absolute atomic E-state index is 0.158. The Morgan fingerprint density at radius 1 is 1.06 bits per heavy atom. The van der Waals surface area contributed by atoms with Crippen LogP contribution in [0.15, 0.2) is 24.5 Å². The van der Waals surface area contributed by atoms with Gasteiger partial charge in [0.15, 0.2) is 5.78 Å². The van der Waals surface area contributed by atoms with Crippen LogP contribution in [0.2, 0.25) is 5.02 Å². The first kappa shape index (κ1) is 22.5. The molecule has 0 aliphatic carbocycles. The Morgan fingerprint density at radius 3 is 2.61 bits per heavy atom. The molecule has 3 aliphatic rings. The molecule has 7 nitrogen and oxygen atoms in total. The fraction of sp³-hybridized carbons (Fsp3) is 0.542. The van der Waals surface area contributed by atoms with Crippen molar-refractivity contribution in [2.45, 2.75) is 31.7 Å². The summed E-state index contributed by atoms with van der Waals surface area (Å²) in [7, 11) is 0. The summed E-state index contributed by atoms with van der Waals surface area (Å²) < 4.78 is 13.9.